The number of carbonyl (C=O) groups is 1. The van der Waals surface area contributed by atoms with Crippen molar-refractivity contribution in [3.8, 4) is 28.2 Å². The number of hydrogen-bond acceptors (Lipinski definition) is 5. The lowest BCUT2D eigenvalue weighted by atomic mass is 10.0. The van der Waals surface area contributed by atoms with Crippen molar-refractivity contribution in [1.82, 2.24) is 19.7 Å². The first kappa shape index (κ1) is 23.4. The summed E-state index contributed by atoms with van der Waals surface area (Å²) in [4.78, 5) is 21.5. The van der Waals surface area contributed by atoms with Gasteiger partial charge in [-0.15, -0.1) is 11.3 Å². The molecule has 3 aromatic heterocycles. The number of pyridine rings is 1. The third-order valence-corrected chi connectivity index (χ3v) is 6.48. The van der Waals surface area contributed by atoms with Crippen LogP contribution in [0.25, 0.3) is 34.3 Å². The van der Waals surface area contributed by atoms with Gasteiger partial charge in [0.1, 0.15) is 5.69 Å². The Bertz CT molecular complexity index is 1490. The molecular weight excluding hydrogens is 466 g/mol. The highest BCUT2D eigenvalue weighted by atomic mass is 32.1. The topological polar surface area (TPSA) is 72.7 Å². The molecular formula is C29H25N5OS. The number of benzene rings is 2. The molecule has 1 amide bonds. The zero-order chi connectivity index (χ0) is 24.9. The summed E-state index contributed by atoms with van der Waals surface area (Å²) < 4.78 is 1.80. The van der Waals surface area contributed by atoms with Gasteiger partial charge >= 0.3 is 0 Å². The maximum Gasteiger partial charge on any atom is 0.250 e. The highest BCUT2D eigenvalue weighted by molar-refractivity contribution is 7.14. The first-order chi connectivity index (χ1) is 17.6. The molecule has 0 bridgehead atoms. The zero-order valence-electron chi connectivity index (χ0n) is 20.0. The Balaban J connectivity index is 1.34. The monoisotopic (exact) mass is 491 g/mol. The first-order valence-electron chi connectivity index (χ1n) is 11.7. The third kappa shape index (κ3) is 5.31. The van der Waals surface area contributed by atoms with E-state index in [2.05, 4.69) is 53.4 Å². The van der Waals surface area contributed by atoms with Crippen LogP contribution in [-0.2, 0) is 4.79 Å². The summed E-state index contributed by atoms with van der Waals surface area (Å²) in [6.45, 7) is 4.34. The highest BCUT2D eigenvalue weighted by Crippen LogP contribution is 2.27. The van der Waals surface area contributed by atoms with Gasteiger partial charge in [-0.3, -0.25) is 15.1 Å². The molecule has 178 valence electrons. The molecule has 7 heteroatoms. The fourth-order valence-corrected chi connectivity index (χ4v) is 4.49. The maximum atomic E-state index is 12.7. The number of para-hydroxylation sites is 1. The maximum absolute atomic E-state index is 12.7. The fraction of sp³-hybridized carbons (Fsp3) is 0.103. The average molecular weight is 492 g/mol. The molecule has 0 atom stereocenters. The van der Waals surface area contributed by atoms with Gasteiger partial charge in [0.25, 0.3) is 0 Å². The van der Waals surface area contributed by atoms with Gasteiger partial charge in [-0.25, -0.2) is 9.67 Å². The molecule has 0 fully saturated rings. The molecule has 5 aromatic rings. The number of nitrogens with zero attached hydrogens (tertiary/aromatic N) is 4. The summed E-state index contributed by atoms with van der Waals surface area (Å²) in [5.41, 5.74) is 6.53. The molecule has 5 rings (SSSR count). The Hall–Kier alpha value is -4.36. The van der Waals surface area contributed by atoms with Crippen LogP contribution < -0.4 is 5.32 Å². The Labute approximate surface area is 214 Å². The third-order valence-electron chi connectivity index (χ3n) is 5.72. The van der Waals surface area contributed by atoms with Crippen LogP contribution in [0.3, 0.4) is 0 Å². The number of amides is 1. The Morgan fingerprint density at radius 3 is 2.53 bits per heavy atom. The number of hydrogen-bond donors (Lipinski definition) is 1. The summed E-state index contributed by atoms with van der Waals surface area (Å²) in [5, 5.41) is 10.1. The number of thiazole rings is 1. The molecule has 0 aliphatic heterocycles. The van der Waals surface area contributed by atoms with Crippen LogP contribution >= 0.6 is 11.3 Å². The molecule has 0 saturated heterocycles. The molecule has 36 heavy (non-hydrogen) atoms. The molecule has 6 nitrogen and oxygen atoms in total. The second kappa shape index (κ2) is 10.5. The Kier molecular flexibility index (Phi) is 6.82. The molecule has 2 aromatic carbocycles. The van der Waals surface area contributed by atoms with Crippen molar-refractivity contribution < 1.29 is 4.79 Å². The summed E-state index contributed by atoms with van der Waals surface area (Å²) in [6.07, 6.45) is 8.67. The van der Waals surface area contributed by atoms with E-state index >= 15 is 0 Å². The van der Waals surface area contributed by atoms with Crippen molar-refractivity contribution in [1.29, 1.82) is 0 Å². The lowest BCUT2D eigenvalue weighted by Gasteiger charge is -2.05. The normalized spacial score (nSPS) is 11.3. The van der Waals surface area contributed by atoms with Crippen molar-refractivity contribution in [2.45, 2.75) is 19.8 Å². The van der Waals surface area contributed by atoms with E-state index in [-0.39, 0.29) is 5.91 Å². The molecule has 0 unspecified atom stereocenters. The van der Waals surface area contributed by atoms with Gasteiger partial charge in [0.2, 0.25) is 5.91 Å². The van der Waals surface area contributed by atoms with Gasteiger partial charge in [0, 0.05) is 46.7 Å². The minimum absolute atomic E-state index is 0.254. The summed E-state index contributed by atoms with van der Waals surface area (Å²) >= 11 is 1.40. The van der Waals surface area contributed by atoms with E-state index in [0.717, 1.165) is 33.8 Å². The van der Waals surface area contributed by atoms with Crippen LogP contribution in [0.5, 0.6) is 0 Å². The molecule has 0 aliphatic carbocycles. The van der Waals surface area contributed by atoms with Gasteiger partial charge in [-0.1, -0.05) is 56.3 Å². The second-order valence-electron chi connectivity index (χ2n) is 8.59. The molecule has 1 N–H and O–H groups in total. The predicted molar refractivity (Wildman–Crippen MR) is 146 cm³/mol. The van der Waals surface area contributed by atoms with Crippen molar-refractivity contribution in [3.05, 3.63) is 108 Å². The number of carbonyl (C=O) groups excluding carboxylic acids is 1. The van der Waals surface area contributed by atoms with E-state index in [1.54, 1.807) is 23.2 Å². The lowest BCUT2D eigenvalue weighted by molar-refractivity contribution is -0.111. The summed E-state index contributed by atoms with van der Waals surface area (Å²) in [5.74, 6) is 0.227. The van der Waals surface area contributed by atoms with E-state index in [4.69, 9.17) is 5.10 Å². The highest BCUT2D eigenvalue weighted by Gasteiger charge is 2.12. The SMILES string of the molecule is CC(C)c1ccc(-c2csc(NC(=O)/C=C/c3cn(-c4ccccc4)nc3-c3cccnc3)n2)cc1. The van der Waals surface area contributed by atoms with Crippen molar-refractivity contribution >= 4 is 28.5 Å². The Morgan fingerprint density at radius 1 is 1.00 bits per heavy atom. The second-order valence-corrected chi connectivity index (χ2v) is 9.45. The minimum Gasteiger partial charge on any atom is -0.298 e. The van der Waals surface area contributed by atoms with Gasteiger partial charge in [-0.05, 0) is 41.8 Å². The van der Waals surface area contributed by atoms with Crippen molar-refractivity contribution in [2.75, 3.05) is 5.32 Å². The molecule has 0 spiro atoms. The van der Waals surface area contributed by atoms with E-state index in [1.807, 2.05) is 54.0 Å². The quantitative estimate of drug-likeness (QED) is 0.253. The van der Waals surface area contributed by atoms with E-state index in [0.29, 0.717) is 11.0 Å². The Morgan fingerprint density at radius 2 is 1.81 bits per heavy atom. The van der Waals surface area contributed by atoms with Crippen LogP contribution in [0.15, 0.2) is 96.8 Å². The minimum atomic E-state index is -0.254. The van der Waals surface area contributed by atoms with Crippen molar-refractivity contribution in [3.63, 3.8) is 0 Å². The standard InChI is InChI=1S/C29H25N5OS/c1-20(2)21-10-12-22(13-11-21)26-19-36-29(31-26)32-27(35)15-14-24-18-34(25-8-4-3-5-9-25)33-28(24)23-7-6-16-30-17-23/h3-20H,1-2H3,(H,31,32,35)/b15-14+. The predicted octanol–water partition coefficient (Wildman–Crippen LogP) is 6.83. The number of aromatic nitrogens is 4. The van der Waals surface area contributed by atoms with Crippen LogP contribution in [0, 0.1) is 0 Å². The largest absolute Gasteiger partial charge is 0.298 e. The number of anilines is 1. The van der Waals surface area contributed by atoms with E-state index in [1.165, 1.54) is 23.0 Å². The van der Waals surface area contributed by atoms with Gasteiger partial charge in [0.15, 0.2) is 5.13 Å². The van der Waals surface area contributed by atoms with Gasteiger partial charge in [0.05, 0.1) is 11.4 Å². The molecule has 0 aliphatic rings. The fourth-order valence-electron chi connectivity index (χ4n) is 3.76. The van der Waals surface area contributed by atoms with E-state index < -0.39 is 0 Å². The summed E-state index contributed by atoms with van der Waals surface area (Å²) in [7, 11) is 0. The van der Waals surface area contributed by atoms with Crippen LogP contribution in [0.1, 0.15) is 30.9 Å². The lowest BCUT2D eigenvalue weighted by Crippen LogP contribution is -2.07. The van der Waals surface area contributed by atoms with E-state index in [9.17, 15) is 4.79 Å². The zero-order valence-corrected chi connectivity index (χ0v) is 20.8. The first-order valence-corrected chi connectivity index (χ1v) is 12.6. The number of rotatable bonds is 7. The average Bonchev–Trinajstić information content (AvgIpc) is 3.56. The molecule has 3 heterocycles. The molecule has 0 radical (unpaired) electrons. The van der Waals surface area contributed by atoms with Crippen LogP contribution in [0.4, 0.5) is 5.13 Å². The van der Waals surface area contributed by atoms with Gasteiger partial charge < -0.3 is 0 Å². The summed E-state index contributed by atoms with van der Waals surface area (Å²) in [6, 6.07) is 22.1. The smallest absolute Gasteiger partial charge is 0.250 e. The van der Waals surface area contributed by atoms with Crippen LogP contribution in [-0.4, -0.2) is 25.7 Å². The van der Waals surface area contributed by atoms with Crippen LogP contribution in [0.2, 0.25) is 0 Å². The van der Waals surface area contributed by atoms with Crippen molar-refractivity contribution in [2.24, 2.45) is 0 Å². The van der Waals surface area contributed by atoms with Gasteiger partial charge in [-0.2, -0.15) is 5.10 Å². The molecule has 0 saturated carbocycles. The number of nitrogens with one attached hydrogen (secondary N) is 1.